The van der Waals surface area contributed by atoms with E-state index in [1.165, 1.54) is 0 Å². The Morgan fingerprint density at radius 3 is 2.18 bits per heavy atom. The van der Waals surface area contributed by atoms with Gasteiger partial charge in [0, 0.05) is 12.0 Å². The summed E-state index contributed by atoms with van der Waals surface area (Å²) >= 11 is 0. The molecule has 1 unspecified atom stereocenters. The van der Waals surface area contributed by atoms with Crippen LogP contribution in [0.25, 0.3) is 0 Å². The van der Waals surface area contributed by atoms with E-state index in [0.717, 1.165) is 12.8 Å². The topological polar surface area (TPSA) is 33.0 Å². The van der Waals surface area contributed by atoms with E-state index in [0.29, 0.717) is 6.61 Å². The van der Waals surface area contributed by atoms with Crippen molar-refractivity contribution in [3.8, 4) is 6.07 Å². The van der Waals surface area contributed by atoms with Crippen LogP contribution in [0, 0.1) is 16.7 Å². The Labute approximate surface area is 68.2 Å². The van der Waals surface area contributed by atoms with E-state index in [1.807, 2.05) is 6.92 Å². The van der Waals surface area contributed by atoms with Gasteiger partial charge < -0.3 is 4.74 Å². The molecular weight excluding hydrogens is 138 g/mol. The summed E-state index contributed by atoms with van der Waals surface area (Å²) in [4.78, 5) is 0. The number of ether oxygens (including phenoxy) is 1. The van der Waals surface area contributed by atoms with Crippen LogP contribution in [0.3, 0.4) is 0 Å². The third-order valence-corrected chi connectivity index (χ3v) is 2.77. The van der Waals surface area contributed by atoms with E-state index in [1.54, 1.807) is 0 Å². The Hall–Kier alpha value is -0.550. The van der Waals surface area contributed by atoms with Crippen LogP contribution in [0.2, 0.25) is 0 Å². The van der Waals surface area contributed by atoms with Crippen molar-refractivity contribution in [1.29, 1.82) is 5.26 Å². The fourth-order valence-electron chi connectivity index (χ4n) is 1.61. The minimum atomic E-state index is -0.484. The molecule has 0 aromatic heterocycles. The summed E-state index contributed by atoms with van der Waals surface area (Å²) in [6, 6.07) is 2.28. The first-order valence-corrected chi connectivity index (χ1v) is 4.13. The molecule has 0 bridgehead atoms. The Kier molecular flexibility index (Phi) is 1.94. The van der Waals surface area contributed by atoms with E-state index in [2.05, 4.69) is 19.9 Å². The zero-order valence-corrected chi connectivity index (χ0v) is 7.48. The molecule has 0 aliphatic heterocycles. The molecule has 11 heavy (non-hydrogen) atoms. The quantitative estimate of drug-likeness (QED) is 0.608. The zero-order valence-electron chi connectivity index (χ0n) is 7.48. The van der Waals surface area contributed by atoms with E-state index >= 15 is 0 Å². The smallest absolute Gasteiger partial charge is 0.159 e. The molecule has 0 spiro atoms. The summed E-state index contributed by atoms with van der Waals surface area (Å²) in [5, 5.41) is 8.93. The van der Waals surface area contributed by atoms with Gasteiger partial charge in [0.2, 0.25) is 0 Å². The highest BCUT2D eigenvalue weighted by atomic mass is 16.5. The molecule has 62 valence electrons. The molecular formula is C9H15NO. The van der Waals surface area contributed by atoms with Crippen LogP contribution in [-0.4, -0.2) is 12.2 Å². The second-order valence-corrected chi connectivity index (χ2v) is 3.76. The highest BCUT2D eigenvalue weighted by Gasteiger charge is 2.54. The third-order valence-electron chi connectivity index (χ3n) is 2.77. The van der Waals surface area contributed by atoms with Gasteiger partial charge in [0.25, 0.3) is 0 Å². The minimum Gasteiger partial charge on any atom is -0.360 e. The highest BCUT2D eigenvalue weighted by molar-refractivity contribution is 5.17. The predicted molar refractivity (Wildman–Crippen MR) is 43.0 cm³/mol. The largest absolute Gasteiger partial charge is 0.360 e. The van der Waals surface area contributed by atoms with Crippen LogP contribution < -0.4 is 0 Å². The van der Waals surface area contributed by atoms with Gasteiger partial charge in [-0.25, -0.2) is 0 Å². The summed E-state index contributed by atoms with van der Waals surface area (Å²) in [5.74, 6) is 0. The zero-order chi connectivity index (χ0) is 8.54. The molecule has 0 N–H and O–H groups in total. The number of hydrogen-bond donors (Lipinski definition) is 0. The van der Waals surface area contributed by atoms with Gasteiger partial charge in [-0.3, -0.25) is 0 Å². The number of nitrogens with zero attached hydrogens (tertiary/aromatic N) is 1. The average Bonchev–Trinajstić information content (AvgIpc) is 1.98. The maximum Gasteiger partial charge on any atom is 0.159 e. The summed E-state index contributed by atoms with van der Waals surface area (Å²) < 4.78 is 5.47. The van der Waals surface area contributed by atoms with Gasteiger partial charge in [0.05, 0.1) is 6.07 Å². The van der Waals surface area contributed by atoms with E-state index in [-0.39, 0.29) is 5.41 Å². The van der Waals surface area contributed by atoms with Crippen LogP contribution in [0.1, 0.15) is 33.6 Å². The molecule has 1 aliphatic carbocycles. The maximum atomic E-state index is 8.93. The molecule has 0 radical (unpaired) electrons. The van der Waals surface area contributed by atoms with Crippen LogP contribution in [0.4, 0.5) is 0 Å². The first-order chi connectivity index (χ1) is 5.08. The molecule has 2 nitrogen and oxygen atoms in total. The molecule has 1 saturated carbocycles. The lowest BCUT2D eigenvalue weighted by molar-refractivity contribution is -0.146. The van der Waals surface area contributed by atoms with Crippen molar-refractivity contribution in [1.82, 2.24) is 0 Å². The van der Waals surface area contributed by atoms with E-state index in [4.69, 9.17) is 10.00 Å². The fourth-order valence-corrected chi connectivity index (χ4v) is 1.61. The standard InChI is InChI=1S/C9H15NO/c1-4-11-9(7-10)6-5-8(9,2)3/h4-6H2,1-3H3. The third kappa shape index (κ3) is 1.04. The number of nitriles is 1. The lowest BCUT2D eigenvalue weighted by Crippen LogP contribution is -2.54. The van der Waals surface area contributed by atoms with Gasteiger partial charge in [-0.05, 0) is 19.8 Å². The van der Waals surface area contributed by atoms with Crippen molar-refractivity contribution in [2.75, 3.05) is 6.61 Å². The normalized spacial score (nSPS) is 34.0. The van der Waals surface area contributed by atoms with Gasteiger partial charge in [0.15, 0.2) is 5.60 Å². The molecule has 1 atom stereocenters. The Bertz CT molecular complexity index is 192. The lowest BCUT2D eigenvalue weighted by atomic mass is 9.59. The maximum absolute atomic E-state index is 8.93. The molecule has 1 rings (SSSR count). The molecule has 0 heterocycles. The van der Waals surface area contributed by atoms with Crippen molar-refractivity contribution in [3.63, 3.8) is 0 Å². The Balaban J connectivity index is 2.72. The van der Waals surface area contributed by atoms with E-state index in [9.17, 15) is 0 Å². The Morgan fingerprint density at radius 1 is 1.45 bits per heavy atom. The second-order valence-electron chi connectivity index (χ2n) is 3.76. The SMILES string of the molecule is CCOC1(C#N)CCC1(C)C. The van der Waals surface area contributed by atoms with Crippen LogP contribution in [0.15, 0.2) is 0 Å². The van der Waals surface area contributed by atoms with Crippen molar-refractivity contribution in [2.24, 2.45) is 5.41 Å². The second kappa shape index (κ2) is 2.49. The molecule has 0 saturated heterocycles. The number of hydrogen-bond acceptors (Lipinski definition) is 2. The van der Waals surface area contributed by atoms with Gasteiger partial charge in [0.1, 0.15) is 0 Å². The lowest BCUT2D eigenvalue weighted by Gasteiger charge is -2.50. The van der Waals surface area contributed by atoms with Crippen LogP contribution in [-0.2, 0) is 4.74 Å². The van der Waals surface area contributed by atoms with Gasteiger partial charge >= 0.3 is 0 Å². The predicted octanol–water partition coefficient (Wildman–Crippen LogP) is 2.11. The summed E-state index contributed by atoms with van der Waals surface area (Å²) in [5.41, 5.74) is -0.431. The molecule has 0 aromatic carbocycles. The van der Waals surface area contributed by atoms with Crippen molar-refractivity contribution >= 4 is 0 Å². The van der Waals surface area contributed by atoms with Crippen LogP contribution >= 0.6 is 0 Å². The summed E-state index contributed by atoms with van der Waals surface area (Å²) in [6.45, 7) is 6.76. The molecule has 0 aromatic rings. The van der Waals surface area contributed by atoms with Crippen molar-refractivity contribution < 1.29 is 4.74 Å². The molecule has 1 fully saturated rings. The van der Waals surface area contributed by atoms with Gasteiger partial charge in [-0.1, -0.05) is 13.8 Å². The van der Waals surface area contributed by atoms with Crippen LogP contribution in [0.5, 0.6) is 0 Å². The fraction of sp³-hybridized carbons (Fsp3) is 0.889. The molecule has 1 aliphatic rings. The Morgan fingerprint density at radius 2 is 2.09 bits per heavy atom. The van der Waals surface area contributed by atoms with E-state index < -0.39 is 5.60 Å². The van der Waals surface area contributed by atoms with Gasteiger partial charge in [-0.2, -0.15) is 5.26 Å². The minimum absolute atomic E-state index is 0.0533. The first-order valence-electron chi connectivity index (χ1n) is 4.13. The summed E-state index contributed by atoms with van der Waals surface area (Å²) in [7, 11) is 0. The molecule has 2 heteroatoms. The van der Waals surface area contributed by atoms with Crippen molar-refractivity contribution in [3.05, 3.63) is 0 Å². The molecule has 0 amide bonds. The van der Waals surface area contributed by atoms with Crippen molar-refractivity contribution in [2.45, 2.75) is 39.2 Å². The van der Waals surface area contributed by atoms with Gasteiger partial charge in [-0.15, -0.1) is 0 Å². The average molecular weight is 153 g/mol. The number of rotatable bonds is 2. The summed E-state index contributed by atoms with van der Waals surface area (Å²) in [6.07, 6.45) is 1.99. The first kappa shape index (κ1) is 8.55. The monoisotopic (exact) mass is 153 g/mol. The highest BCUT2D eigenvalue weighted by Crippen LogP contribution is 2.51.